The van der Waals surface area contributed by atoms with E-state index >= 15 is 0 Å². The van der Waals surface area contributed by atoms with E-state index in [2.05, 4.69) is 31.3 Å². The van der Waals surface area contributed by atoms with Crippen molar-refractivity contribution in [2.75, 3.05) is 79.1 Å². The Morgan fingerprint density at radius 1 is 0.456 bits per heavy atom. The van der Waals surface area contributed by atoms with Crippen LogP contribution in [0.4, 0.5) is 4.79 Å². The van der Waals surface area contributed by atoms with E-state index in [1.807, 2.05) is 0 Å². The third kappa shape index (κ3) is 37.4. The number of carbonyl (C=O) groups excluding carboxylic acids is 10. The SMILES string of the molecule is C.COC(=O)NCCC(=O)N(CC(=O)NCCCCC(N)C(N)=O)CC(=O)NCCCCC(N)C(N)=O.NCCC(=O)N(CC(=O)NCCCCC(N)CN)CC(=O)NCCCCC(N)C(N)=O. The Hall–Kier alpha value is -5.74. The molecule has 394 valence electrons. The van der Waals surface area contributed by atoms with Crippen LogP contribution in [-0.4, -0.2) is 172 Å². The van der Waals surface area contributed by atoms with Gasteiger partial charge in [0.05, 0.1) is 25.2 Å². The molecule has 27 nitrogen and oxygen atoms in total. The predicted octanol–water partition coefficient (Wildman–Crippen LogP) is -5.77. The van der Waals surface area contributed by atoms with E-state index in [9.17, 15) is 47.9 Å². The van der Waals surface area contributed by atoms with Crippen LogP contribution in [0.25, 0.3) is 0 Å². The van der Waals surface area contributed by atoms with Crippen molar-refractivity contribution in [3.63, 3.8) is 0 Å². The highest BCUT2D eigenvalue weighted by molar-refractivity contribution is 5.90. The van der Waals surface area contributed by atoms with Gasteiger partial charge >= 0.3 is 6.09 Å². The van der Waals surface area contributed by atoms with E-state index in [1.54, 1.807) is 0 Å². The molecule has 0 aromatic carbocycles. The molecular formula is C41H84N16O11. The molecule has 23 N–H and O–H groups in total. The van der Waals surface area contributed by atoms with Crippen molar-refractivity contribution in [1.29, 1.82) is 0 Å². The lowest BCUT2D eigenvalue weighted by atomic mass is 10.1. The Morgan fingerprint density at radius 3 is 1.04 bits per heavy atom. The molecule has 10 amide bonds. The third-order valence-corrected chi connectivity index (χ3v) is 9.71. The largest absolute Gasteiger partial charge is 0.453 e. The number of alkyl carbamates (subject to hydrolysis) is 1. The minimum atomic E-state index is -0.745. The number of nitrogens with one attached hydrogen (secondary N) is 5. The summed E-state index contributed by atoms with van der Waals surface area (Å²) in [7, 11) is 1.18. The number of hydrogen-bond donors (Lipinski definition) is 14. The number of carbonyl (C=O) groups is 10. The second kappa shape index (κ2) is 41.4. The lowest BCUT2D eigenvalue weighted by molar-refractivity contribution is -0.139. The van der Waals surface area contributed by atoms with Crippen LogP contribution < -0.4 is 78.2 Å². The summed E-state index contributed by atoms with van der Waals surface area (Å²) >= 11 is 0. The molecule has 0 rings (SSSR count). The van der Waals surface area contributed by atoms with Crippen molar-refractivity contribution < 1.29 is 52.7 Å². The molecule has 0 fully saturated rings. The molecule has 0 aromatic rings. The molecule has 4 unspecified atom stereocenters. The van der Waals surface area contributed by atoms with E-state index in [0.29, 0.717) is 77.4 Å². The van der Waals surface area contributed by atoms with Gasteiger partial charge in [0.2, 0.25) is 53.2 Å². The van der Waals surface area contributed by atoms with E-state index in [4.69, 9.17) is 51.6 Å². The van der Waals surface area contributed by atoms with Gasteiger partial charge in [-0.15, -0.1) is 0 Å². The van der Waals surface area contributed by atoms with Crippen molar-refractivity contribution in [2.24, 2.45) is 51.6 Å². The number of nitrogens with zero attached hydrogens (tertiary/aromatic N) is 2. The summed E-state index contributed by atoms with van der Waals surface area (Å²) in [6, 6.07) is -2.23. The van der Waals surface area contributed by atoms with Gasteiger partial charge in [0, 0.05) is 64.7 Å². The molecule has 0 aliphatic rings. The molecule has 0 aromatic heterocycles. The number of methoxy groups -OCH3 is 1. The van der Waals surface area contributed by atoms with E-state index < -0.39 is 59.7 Å². The van der Waals surface area contributed by atoms with Crippen molar-refractivity contribution in [3.05, 3.63) is 0 Å². The summed E-state index contributed by atoms with van der Waals surface area (Å²) in [4.78, 5) is 120. The van der Waals surface area contributed by atoms with Gasteiger partial charge in [-0.2, -0.15) is 0 Å². The van der Waals surface area contributed by atoms with Crippen LogP contribution in [0.5, 0.6) is 0 Å². The zero-order valence-electron chi connectivity index (χ0n) is 39.1. The number of hydrogen-bond acceptors (Lipinski definition) is 17. The average Bonchev–Trinajstić information content (AvgIpc) is 3.27. The fourth-order valence-electron chi connectivity index (χ4n) is 5.62. The maximum Gasteiger partial charge on any atom is 0.406 e. The molecule has 68 heavy (non-hydrogen) atoms. The van der Waals surface area contributed by atoms with Gasteiger partial charge in [-0.05, 0) is 70.6 Å². The summed E-state index contributed by atoms with van der Waals surface area (Å²) < 4.78 is 4.44. The minimum Gasteiger partial charge on any atom is -0.453 e. The molecule has 27 heteroatoms. The summed E-state index contributed by atoms with van der Waals surface area (Å²) in [5.41, 5.74) is 48.5. The van der Waals surface area contributed by atoms with Gasteiger partial charge in [0.15, 0.2) is 0 Å². The minimum absolute atomic E-state index is 0. The standard InChI is InChI=1S/C21H40N8O7.C19H40N8O4.CH4/c1-36-21(35)28-11-8-18(32)29(12-16(30)26-9-4-2-6-14(22)19(24)33)13-17(31)27-10-5-3-7-15(23)20(25)34;20-8-7-18(30)27(12-16(28)25-9-3-1-5-14(22)11-21)13-17(29)26-10-4-2-6-15(23)19(24)31;/h14-15H,2-13,22-23H2,1H3,(H2,24,33)(H2,25,34)(H,26,30)(H,27,31)(H,28,35);14-15H,1-13,20-23H2,(H2,24,31)(H,25,28)(H,26,29);1H4. The van der Waals surface area contributed by atoms with Crippen LogP contribution in [0.1, 0.15) is 97.3 Å². The van der Waals surface area contributed by atoms with Gasteiger partial charge in [-0.25, -0.2) is 4.79 Å². The first kappa shape index (κ1) is 66.5. The van der Waals surface area contributed by atoms with E-state index in [0.717, 1.165) is 24.2 Å². The topological polar surface area (TPSA) is 481 Å². The first-order valence-electron chi connectivity index (χ1n) is 22.4. The Bertz CT molecular complexity index is 1480. The molecule has 0 aliphatic carbocycles. The molecule has 0 radical (unpaired) electrons. The zero-order chi connectivity index (χ0) is 51.2. The zero-order valence-corrected chi connectivity index (χ0v) is 39.1. The number of primary amides is 3. The number of rotatable bonds is 37. The van der Waals surface area contributed by atoms with E-state index in [1.165, 1.54) is 12.0 Å². The Balaban J connectivity index is -0.00000124. The molecule has 0 spiro atoms. The van der Waals surface area contributed by atoms with Gasteiger partial charge in [-0.3, -0.25) is 43.2 Å². The van der Waals surface area contributed by atoms with Crippen LogP contribution in [0.15, 0.2) is 0 Å². The highest BCUT2D eigenvalue weighted by Crippen LogP contribution is 2.02. The first-order valence-corrected chi connectivity index (χ1v) is 22.4. The van der Waals surface area contributed by atoms with Gasteiger partial charge in [0.25, 0.3) is 0 Å². The molecule has 4 atom stereocenters. The molecule has 0 heterocycles. The fraction of sp³-hybridized carbons (Fsp3) is 0.756. The number of ether oxygens (including phenoxy) is 1. The highest BCUT2D eigenvalue weighted by Gasteiger charge is 2.22. The van der Waals surface area contributed by atoms with Crippen LogP contribution >= 0.6 is 0 Å². The second-order valence-electron chi connectivity index (χ2n) is 15.6. The van der Waals surface area contributed by atoms with Crippen LogP contribution in [0.2, 0.25) is 0 Å². The number of unbranched alkanes of at least 4 members (excludes halogenated alkanes) is 4. The maximum absolute atomic E-state index is 12.6. The lowest BCUT2D eigenvalue weighted by Crippen LogP contribution is -2.46. The van der Waals surface area contributed by atoms with Crippen molar-refractivity contribution in [2.45, 2.75) is 121 Å². The van der Waals surface area contributed by atoms with Crippen molar-refractivity contribution in [3.8, 4) is 0 Å². The van der Waals surface area contributed by atoms with Gasteiger partial charge < -0.3 is 92.7 Å². The normalized spacial score (nSPS) is 12.2. The molecule has 0 bridgehead atoms. The highest BCUT2D eigenvalue weighted by atomic mass is 16.5. The van der Waals surface area contributed by atoms with Crippen LogP contribution in [0, 0.1) is 0 Å². The van der Waals surface area contributed by atoms with Crippen molar-refractivity contribution in [1.82, 2.24) is 36.4 Å². The Morgan fingerprint density at radius 2 is 0.765 bits per heavy atom. The third-order valence-electron chi connectivity index (χ3n) is 9.71. The molecular weight excluding hydrogens is 893 g/mol. The molecule has 0 saturated carbocycles. The second-order valence-corrected chi connectivity index (χ2v) is 15.6. The average molecular weight is 977 g/mol. The summed E-state index contributed by atoms with van der Waals surface area (Å²) in [6.45, 7) is 0.720. The first-order chi connectivity index (χ1) is 31.7. The smallest absolute Gasteiger partial charge is 0.406 e. The number of nitrogens with two attached hydrogens (primary N) is 9. The summed E-state index contributed by atoms with van der Waals surface area (Å²) in [6.07, 6.45) is 6.21. The fourth-order valence-corrected chi connectivity index (χ4v) is 5.62. The Labute approximate surface area is 399 Å². The van der Waals surface area contributed by atoms with Crippen molar-refractivity contribution >= 4 is 59.3 Å². The molecule has 0 saturated heterocycles. The molecule has 0 aliphatic heterocycles. The van der Waals surface area contributed by atoms with Crippen LogP contribution in [0.3, 0.4) is 0 Å². The maximum atomic E-state index is 12.6. The van der Waals surface area contributed by atoms with Crippen LogP contribution in [-0.2, 0) is 47.9 Å². The lowest BCUT2D eigenvalue weighted by Gasteiger charge is -2.22. The van der Waals surface area contributed by atoms with Gasteiger partial charge in [-0.1, -0.05) is 13.8 Å². The van der Waals surface area contributed by atoms with E-state index in [-0.39, 0.29) is 96.4 Å². The quantitative estimate of drug-likeness (QED) is 0.0258. The Kier molecular flexibility index (Phi) is 40.6. The summed E-state index contributed by atoms with van der Waals surface area (Å²) in [5.74, 6) is -4.31. The summed E-state index contributed by atoms with van der Waals surface area (Å²) in [5, 5.41) is 13.1. The number of amides is 10. The van der Waals surface area contributed by atoms with Gasteiger partial charge in [0.1, 0.15) is 26.2 Å². The monoisotopic (exact) mass is 977 g/mol. The predicted molar refractivity (Wildman–Crippen MR) is 255 cm³/mol.